The van der Waals surface area contributed by atoms with Crippen molar-refractivity contribution in [2.45, 2.75) is 27.7 Å². The van der Waals surface area contributed by atoms with Crippen LogP contribution in [0.25, 0.3) is 102 Å². The minimum atomic E-state index is 0.487. The van der Waals surface area contributed by atoms with Crippen LogP contribution < -0.4 is 0 Å². The van der Waals surface area contributed by atoms with Gasteiger partial charge in [0, 0.05) is 33.4 Å². The van der Waals surface area contributed by atoms with Gasteiger partial charge in [0.2, 0.25) is 23.6 Å². The highest BCUT2D eigenvalue weighted by Crippen LogP contribution is 2.40. The van der Waals surface area contributed by atoms with Gasteiger partial charge in [0.1, 0.15) is 0 Å². The van der Waals surface area contributed by atoms with Crippen molar-refractivity contribution in [3.05, 3.63) is 180 Å². The monoisotopic (exact) mass is 778 g/mol. The molecule has 3 aromatic heterocycles. The van der Waals surface area contributed by atoms with Gasteiger partial charge in [0.15, 0.2) is 0 Å². The summed E-state index contributed by atoms with van der Waals surface area (Å²) in [6.07, 6.45) is 0. The summed E-state index contributed by atoms with van der Waals surface area (Å²) in [5, 5.41) is 17.2. The fourth-order valence-corrected chi connectivity index (χ4v) is 7.80. The lowest BCUT2D eigenvalue weighted by Gasteiger charge is -2.18. The Bertz CT molecular complexity index is 2960. The molecule has 0 saturated heterocycles. The van der Waals surface area contributed by atoms with Crippen molar-refractivity contribution in [1.29, 1.82) is 0 Å². The summed E-state index contributed by atoms with van der Waals surface area (Å²) in [5.74, 6) is 1.97. The van der Waals surface area contributed by atoms with E-state index in [4.69, 9.17) is 18.8 Å². The van der Waals surface area contributed by atoms with E-state index in [1.165, 1.54) is 0 Å². The van der Waals surface area contributed by atoms with E-state index >= 15 is 0 Å². The second-order valence-electron chi connectivity index (χ2n) is 15.1. The quantitative estimate of drug-likeness (QED) is 0.150. The molecule has 7 aromatic carbocycles. The van der Waals surface area contributed by atoms with E-state index in [2.05, 4.69) is 96.6 Å². The Morgan fingerprint density at radius 2 is 0.583 bits per heavy atom. The molecule has 0 aliphatic rings. The zero-order valence-electron chi connectivity index (χ0n) is 33.5. The van der Waals surface area contributed by atoms with Gasteiger partial charge in [-0.3, -0.25) is 0 Å². The largest absolute Gasteiger partial charge is 0.416 e. The van der Waals surface area contributed by atoms with Gasteiger partial charge in [-0.05, 0) is 145 Å². The van der Waals surface area contributed by atoms with Gasteiger partial charge >= 0.3 is 0 Å². The van der Waals surface area contributed by atoms with Crippen LogP contribution in [0, 0.1) is 27.7 Å². The standard InChI is InChI=1S/C52H38N6O2/c1-31-29-43(33(3)27-41(31)35-19-23-39(24-20-35)51-57-55-49(59-51)37-13-7-5-8-14-37)47-48(54-46-18-12-11-17-45(46)53-47)44-30-32(2)42(28-34(44)4)36-21-25-40(26-22-36)52-58-56-50(60-52)38-15-9-6-10-16-38/h5-30H,1-4H3. The lowest BCUT2D eigenvalue weighted by Crippen LogP contribution is -2.00. The summed E-state index contributed by atoms with van der Waals surface area (Å²) in [6, 6.07) is 53.3. The molecule has 0 aliphatic carbocycles. The Hall–Kier alpha value is -7.84. The Morgan fingerprint density at radius 3 is 0.950 bits per heavy atom. The van der Waals surface area contributed by atoms with Crippen molar-refractivity contribution >= 4 is 11.0 Å². The van der Waals surface area contributed by atoms with E-state index in [0.29, 0.717) is 23.6 Å². The minimum Gasteiger partial charge on any atom is -0.416 e. The second kappa shape index (κ2) is 15.2. The lowest BCUT2D eigenvalue weighted by atomic mass is 9.89. The van der Waals surface area contributed by atoms with Crippen molar-refractivity contribution in [2.75, 3.05) is 0 Å². The predicted molar refractivity (Wildman–Crippen MR) is 238 cm³/mol. The van der Waals surface area contributed by atoms with Crippen LogP contribution in [0.5, 0.6) is 0 Å². The second-order valence-corrected chi connectivity index (χ2v) is 15.1. The van der Waals surface area contributed by atoms with Crippen molar-refractivity contribution in [3.8, 4) is 90.6 Å². The van der Waals surface area contributed by atoms with E-state index in [-0.39, 0.29) is 0 Å². The van der Waals surface area contributed by atoms with Crippen LogP contribution in [0.4, 0.5) is 0 Å². The molecular formula is C52H38N6O2. The molecule has 60 heavy (non-hydrogen) atoms. The first kappa shape index (κ1) is 36.5. The molecule has 0 aliphatic heterocycles. The number of aryl methyl sites for hydroxylation is 4. The number of hydrogen-bond donors (Lipinski definition) is 0. The number of benzene rings is 7. The molecule has 0 radical (unpaired) electrons. The molecule has 288 valence electrons. The lowest BCUT2D eigenvalue weighted by molar-refractivity contribution is 0.584. The number of hydrogen-bond acceptors (Lipinski definition) is 8. The summed E-state index contributed by atoms with van der Waals surface area (Å²) in [7, 11) is 0. The molecule has 0 saturated carbocycles. The van der Waals surface area contributed by atoms with E-state index in [0.717, 1.165) is 100 Å². The highest BCUT2D eigenvalue weighted by Gasteiger charge is 2.20. The van der Waals surface area contributed by atoms with Crippen molar-refractivity contribution in [2.24, 2.45) is 0 Å². The first-order chi connectivity index (χ1) is 29.4. The van der Waals surface area contributed by atoms with Gasteiger partial charge in [0.05, 0.1) is 22.4 Å². The van der Waals surface area contributed by atoms with Gasteiger partial charge in [-0.25, -0.2) is 9.97 Å². The molecule has 8 heteroatoms. The fraction of sp³-hybridized carbons (Fsp3) is 0.0769. The molecule has 0 unspecified atom stereocenters. The molecule has 0 bridgehead atoms. The van der Waals surface area contributed by atoms with Crippen LogP contribution in [0.3, 0.4) is 0 Å². The third kappa shape index (κ3) is 6.84. The molecule has 0 fully saturated rings. The first-order valence-electron chi connectivity index (χ1n) is 19.9. The van der Waals surface area contributed by atoms with Crippen LogP contribution >= 0.6 is 0 Å². The Morgan fingerprint density at radius 1 is 0.300 bits per heavy atom. The maximum Gasteiger partial charge on any atom is 0.248 e. The van der Waals surface area contributed by atoms with Crippen molar-refractivity contribution in [1.82, 2.24) is 30.4 Å². The normalized spacial score (nSPS) is 11.3. The zero-order valence-corrected chi connectivity index (χ0v) is 33.5. The number of para-hydroxylation sites is 2. The third-order valence-corrected chi connectivity index (χ3v) is 11.0. The van der Waals surface area contributed by atoms with Crippen molar-refractivity contribution in [3.63, 3.8) is 0 Å². The Labute approximate surface area is 347 Å². The molecule has 0 spiro atoms. The van der Waals surface area contributed by atoms with E-state index in [1.807, 2.05) is 109 Å². The average Bonchev–Trinajstić information content (AvgIpc) is 4.00. The maximum absolute atomic E-state index is 6.02. The predicted octanol–water partition coefficient (Wildman–Crippen LogP) is 13.0. The highest BCUT2D eigenvalue weighted by molar-refractivity contribution is 5.90. The van der Waals surface area contributed by atoms with Gasteiger partial charge in [-0.1, -0.05) is 84.9 Å². The van der Waals surface area contributed by atoms with E-state index < -0.39 is 0 Å². The molecule has 3 heterocycles. The van der Waals surface area contributed by atoms with Gasteiger partial charge in [-0.15, -0.1) is 20.4 Å². The summed E-state index contributed by atoms with van der Waals surface area (Å²) < 4.78 is 12.0. The number of aromatic nitrogens is 6. The molecule has 10 aromatic rings. The molecular weight excluding hydrogens is 741 g/mol. The summed E-state index contributed by atoms with van der Waals surface area (Å²) in [6.45, 7) is 8.61. The first-order valence-corrected chi connectivity index (χ1v) is 19.9. The Balaban J connectivity index is 0.971. The van der Waals surface area contributed by atoms with Gasteiger partial charge in [0.25, 0.3) is 0 Å². The highest BCUT2D eigenvalue weighted by atomic mass is 16.4. The smallest absolute Gasteiger partial charge is 0.248 e. The van der Waals surface area contributed by atoms with Crippen LogP contribution in [0.15, 0.2) is 167 Å². The average molecular weight is 779 g/mol. The minimum absolute atomic E-state index is 0.487. The van der Waals surface area contributed by atoms with Gasteiger partial charge in [-0.2, -0.15) is 0 Å². The molecule has 0 amide bonds. The molecule has 0 N–H and O–H groups in total. The van der Waals surface area contributed by atoms with Crippen molar-refractivity contribution < 1.29 is 8.83 Å². The van der Waals surface area contributed by atoms with Crippen LogP contribution in [0.1, 0.15) is 22.3 Å². The molecule has 10 rings (SSSR count). The summed E-state index contributed by atoms with van der Waals surface area (Å²) in [4.78, 5) is 10.6. The zero-order chi connectivity index (χ0) is 40.7. The Kier molecular flexibility index (Phi) is 9.22. The SMILES string of the molecule is Cc1cc(-c2nc3ccccc3nc2-c2cc(C)c(-c3ccc(-c4nnc(-c5ccccc5)o4)cc3)cc2C)c(C)cc1-c1ccc(-c2nnc(-c3ccccc3)o2)cc1. The van der Waals surface area contributed by atoms with E-state index in [1.54, 1.807) is 0 Å². The number of fused-ring (bicyclic) bond motifs is 1. The number of rotatable bonds is 8. The fourth-order valence-electron chi connectivity index (χ4n) is 7.80. The summed E-state index contributed by atoms with van der Waals surface area (Å²) in [5.41, 5.74) is 18.0. The van der Waals surface area contributed by atoms with Crippen LogP contribution in [-0.2, 0) is 0 Å². The topological polar surface area (TPSA) is 104 Å². The van der Waals surface area contributed by atoms with Crippen LogP contribution in [0.2, 0.25) is 0 Å². The third-order valence-electron chi connectivity index (χ3n) is 11.0. The number of nitrogens with zero attached hydrogens (tertiary/aromatic N) is 6. The molecule has 8 nitrogen and oxygen atoms in total. The van der Waals surface area contributed by atoms with E-state index in [9.17, 15) is 0 Å². The molecule has 0 atom stereocenters. The summed E-state index contributed by atoms with van der Waals surface area (Å²) >= 11 is 0. The van der Waals surface area contributed by atoms with Gasteiger partial charge < -0.3 is 8.83 Å². The van der Waals surface area contributed by atoms with Crippen LogP contribution in [-0.4, -0.2) is 30.4 Å². The maximum atomic E-state index is 6.02.